The first-order valence-corrected chi connectivity index (χ1v) is 4.01. The van der Waals surface area contributed by atoms with Crippen LogP contribution in [-0.2, 0) is 6.18 Å². The molecule has 1 aromatic rings. The molecule has 4 heteroatoms. The summed E-state index contributed by atoms with van der Waals surface area (Å²) in [5.41, 5.74) is 4.82. The maximum absolute atomic E-state index is 12.5. The molecule has 0 radical (unpaired) electrons. The molecule has 0 unspecified atom stereocenters. The van der Waals surface area contributed by atoms with Crippen LogP contribution < -0.4 is 5.73 Å². The predicted octanol–water partition coefficient (Wildman–Crippen LogP) is 2.89. The lowest BCUT2D eigenvalue weighted by molar-refractivity contribution is -0.138. The van der Waals surface area contributed by atoms with Crippen LogP contribution in [0.5, 0.6) is 0 Å². The molecule has 1 rings (SSSR count). The third-order valence-corrected chi connectivity index (χ3v) is 1.88. The van der Waals surface area contributed by atoms with E-state index < -0.39 is 17.8 Å². The Bertz CT molecular complexity index is 330. The number of hydrogen-bond acceptors (Lipinski definition) is 1. The van der Waals surface area contributed by atoms with Gasteiger partial charge < -0.3 is 5.73 Å². The van der Waals surface area contributed by atoms with Gasteiger partial charge in [-0.2, -0.15) is 13.2 Å². The van der Waals surface area contributed by atoms with Crippen LogP contribution in [0.2, 0.25) is 0 Å². The Balaban J connectivity index is 3.22. The first-order valence-electron chi connectivity index (χ1n) is 4.01. The normalized spacial score (nSPS) is 13.7. The molecule has 76 valence electrons. The van der Waals surface area contributed by atoms with Gasteiger partial charge in [-0.15, -0.1) is 6.58 Å². The van der Waals surface area contributed by atoms with Crippen LogP contribution in [0.4, 0.5) is 13.2 Å². The summed E-state index contributed by atoms with van der Waals surface area (Å²) in [7, 11) is 0. The van der Waals surface area contributed by atoms with Gasteiger partial charge in [0, 0.05) is 6.04 Å². The Morgan fingerprint density at radius 1 is 1.29 bits per heavy atom. The van der Waals surface area contributed by atoms with Gasteiger partial charge in [0.05, 0.1) is 5.56 Å². The zero-order chi connectivity index (χ0) is 10.8. The minimum Gasteiger partial charge on any atom is -0.321 e. The fourth-order valence-electron chi connectivity index (χ4n) is 1.17. The fourth-order valence-corrected chi connectivity index (χ4v) is 1.17. The van der Waals surface area contributed by atoms with Crippen LogP contribution in [0.1, 0.15) is 17.2 Å². The van der Waals surface area contributed by atoms with Gasteiger partial charge in [0.15, 0.2) is 0 Å². The first kappa shape index (κ1) is 10.8. The molecule has 0 amide bonds. The van der Waals surface area contributed by atoms with Crippen LogP contribution in [0.3, 0.4) is 0 Å². The largest absolute Gasteiger partial charge is 0.416 e. The van der Waals surface area contributed by atoms with Gasteiger partial charge in [-0.05, 0) is 11.6 Å². The van der Waals surface area contributed by atoms with Crippen molar-refractivity contribution in [2.75, 3.05) is 0 Å². The van der Waals surface area contributed by atoms with Gasteiger partial charge in [0.1, 0.15) is 0 Å². The summed E-state index contributed by atoms with van der Waals surface area (Å²) >= 11 is 0. The topological polar surface area (TPSA) is 26.0 Å². The highest BCUT2D eigenvalue weighted by molar-refractivity contribution is 5.33. The Labute approximate surface area is 80.0 Å². The van der Waals surface area contributed by atoms with E-state index in [2.05, 4.69) is 6.58 Å². The van der Waals surface area contributed by atoms with Crippen LogP contribution in [0.25, 0.3) is 0 Å². The first-order chi connectivity index (χ1) is 6.46. The SMILES string of the molecule is C=C[C@H](N)c1ccccc1C(F)(F)F. The van der Waals surface area contributed by atoms with Crippen molar-refractivity contribution < 1.29 is 13.2 Å². The average molecular weight is 201 g/mol. The van der Waals surface area contributed by atoms with Crippen molar-refractivity contribution in [1.82, 2.24) is 0 Å². The van der Waals surface area contributed by atoms with Gasteiger partial charge in [-0.25, -0.2) is 0 Å². The lowest BCUT2D eigenvalue weighted by Crippen LogP contribution is -2.15. The molecule has 0 bridgehead atoms. The molecule has 0 aliphatic carbocycles. The van der Waals surface area contributed by atoms with E-state index in [1.165, 1.54) is 24.3 Å². The maximum atomic E-state index is 12.5. The van der Waals surface area contributed by atoms with Crippen molar-refractivity contribution in [3.05, 3.63) is 48.0 Å². The minimum absolute atomic E-state index is 0.0509. The summed E-state index contributed by atoms with van der Waals surface area (Å²) in [6.45, 7) is 3.37. The van der Waals surface area contributed by atoms with E-state index in [4.69, 9.17) is 5.73 Å². The summed E-state index contributed by atoms with van der Waals surface area (Å²) < 4.78 is 37.4. The van der Waals surface area contributed by atoms with Crippen LogP contribution in [-0.4, -0.2) is 0 Å². The summed E-state index contributed by atoms with van der Waals surface area (Å²) in [4.78, 5) is 0. The van der Waals surface area contributed by atoms with E-state index in [-0.39, 0.29) is 5.56 Å². The summed E-state index contributed by atoms with van der Waals surface area (Å²) in [6, 6.07) is 4.44. The van der Waals surface area contributed by atoms with E-state index in [9.17, 15) is 13.2 Å². The number of nitrogens with two attached hydrogens (primary N) is 1. The number of halogens is 3. The van der Waals surface area contributed by atoms with Crippen molar-refractivity contribution in [2.45, 2.75) is 12.2 Å². The third-order valence-electron chi connectivity index (χ3n) is 1.88. The molecular formula is C10H10F3N. The van der Waals surface area contributed by atoms with E-state index >= 15 is 0 Å². The van der Waals surface area contributed by atoms with Gasteiger partial charge in [0.2, 0.25) is 0 Å². The van der Waals surface area contributed by atoms with Crippen molar-refractivity contribution in [2.24, 2.45) is 5.73 Å². The molecule has 0 saturated carbocycles. The number of rotatable bonds is 2. The van der Waals surface area contributed by atoms with Gasteiger partial charge in [0.25, 0.3) is 0 Å². The lowest BCUT2D eigenvalue weighted by atomic mass is 10.0. The van der Waals surface area contributed by atoms with Crippen LogP contribution in [0, 0.1) is 0 Å². The highest BCUT2D eigenvalue weighted by atomic mass is 19.4. The molecule has 0 aliphatic heterocycles. The molecule has 0 aromatic heterocycles. The molecule has 1 aromatic carbocycles. The number of benzene rings is 1. The zero-order valence-corrected chi connectivity index (χ0v) is 7.38. The molecular weight excluding hydrogens is 191 g/mol. The van der Waals surface area contributed by atoms with Crippen molar-refractivity contribution in [3.63, 3.8) is 0 Å². The van der Waals surface area contributed by atoms with Gasteiger partial charge >= 0.3 is 6.18 Å². The molecule has 1 atom stereocenters. The fraction of sp³-hybridized carbons (Fsp3) is 0.200. The second-order valence-corrected chi connectivity index (χ2v) is 2.85. The summed E-state index contributed by atoms with van der Waals surface area (Å²) in [5, 5.41) is 0. The predicted molar refractivity (Wildman–Crippen MR) is 48.6 cm³/mol. The number of hydrogen-bond donors (Lipinski definition) is 1. The summed E-state index contributed by atoms with van der Waals surface area (Å²) in [5.74, 6) is 0. The lowest BCUT2D eigenvalue weighted by Gasteiger charge is -2.15. The second-order valence-electron chi connectivity index (χ2n) is 2.85. The zero-order valence-electron chi connectivity index (χ0n) is 7.38. The second kappa shape index (κ2) is 3.84. The Morgan fingerprint density at radius 2 is 1.86 bits per heavy atom. The third kappa shape index (κ3) is 2.14. The van der Waals surface area contributed by atoms with Crippen molar-refractivity contribution in [3.8, 4) is 0 Å². The van der Waals surface area contributed by atoms with Gasteiger partial charge in [-0.1, -0.05) is 24.3 Å². The highest BCUT2D eigenvalue weighted by Gasteiger charge is 2.33. The van der Waals surface area contributed by atoms with E-state index in [0.717, 1.165) is 6.07 Å². The van der Waals surface area contributed by atoms with E-state index in [1.807, 2.05) is 0 Å². The van der Waals surface area contributed by atoms with Crippen LogP contribution in [0.15, 0.2) is 36.9 Å². The summed E-state index contributed by atoms with van der Waals surface area (Å²) in [6.07, 6.45) is -3.08. The molecule has 14 heavy (non-hydrogen) atoms. The van der Waals surface area contributed by atoms with E-state index in [1.54, 1.807) is 0 Å². The minimum atomic E-state index is -4.36. The Morgan fingerprint density at radius 3 is 2.36 bits per heavy atom. The molecule has 2 N–H and O–H groups in total. The maximum Gasteiger partial charge on any atom is 0.416 e. The molecule has 0 spiro atoms. The monoisotopic (exact) mass is 201 g/mol. The smallest absolute Gasteiger partial charge is 0.321 e. The quantitative estimate of drug-likeness (QED) is 0.731. The van der Waals surface area contributed by atoms with Crippen molar-refractivity contribution >= 4 is 0 Å². The molecule has 0 aliphatic rings. The highest BCUT2D eigenvalue weighted by Crippen LogP contribution is 2.33. The van der Waals surface area contributed by atoms with Crippen LogP contribution >= 0.6 is 0 Å². The average Bonchev–Trinajstić information content (AvgIpc) is 2.15. The molecule has 0 heterocycles. The Kier molecular flexibility index (Phi) is 2.96. The molecule has 0 saturated heterocycles. The van der Waals surface area contributed by atoms with Gasteiger partial charge in [-0.3, -0.25) is 0 Å². The van der Waals surface area contributed by atoms with E-state index in [0.29, 0.717) is 0 Å². The molecule has 1 nitrogen and oxygen atoms in total. The Hall–Kier alpha value is -1.29. The van der Waals surface area contributed by atoms with Crippen molar-refractivity contribution in [1.29, 1.82) is 0 Å². The molecule has 0 fully saturated rings. The number of alkyl halides is 3. The standard InChI is InChI=1S/C10H10F3N/c1-2-9(14)7-5-3-4-6-8(7)10(11,12)13/h2-6,9H,1,14H2/t9-/m0/s1.